The van der Waals surface area contributed by atoms with E-state index in [4.69, 9.17) is 15.2 Å². The van der Waals surface area contributed by atoms with Gasteiger partial charge in [0.15, 0.2) is 11.6 Å². The highest BCUT2D eigenvalue weighted by molar-refractivity contribution is 5.54. The maximum atomic E-state index is 5.61. The van der Waals surface area contributed by atoms with Gasteiger partial charge in [-0.15, -0.1) is 0 Å². The molecule has 2 N–H and O–H groups in total. The smallest absolute Gasteiger partial charge is 0.203 e. The van der Waals surface area contributed by atoms with Gasteiger partial charge in [-0.25, -0.2) is 4.98 Å². The maximum absolute atomic E-state index is 5.61. The Morgan fingerprint density at radius 1 is 1.54 bits per heavy atom. The summed E-state index contributed by atoms with van der Waals surface area (Å²) < 4.78 is 10.7. The number of rotatable bonds is 3. The molecule has 1 aliphatic rings. The number of nitrogens with zero attached hydrogens (tertiary/aromatic N) is 1. The van der Waals surface area contributed by atoms with E-state index in [-0.39, 0.29) is 0 Å². The first-order valence-electron chi connectivity index (χ1n) is 4.26. The molecule has 1 aliphatic carbocycles. The average molecular weight is 180 g/mol. The molecule has 0 atom stereocenters. The molecular formula is C9H12N2O2. The summed E-state index contributed by atoms with van der Waals surface area (Å²) in [7, 11) is 1.56. The lowest BCUT2D eigenvalue weighted by Gasteiger charge is -2.10. The van der Waals surface area contributed by atoms with Crippen molar-refractivity contribution in [1.29, 1.82) is 0 Å². The molecule has 2 rings (SSSR count). The van der Waals surface area contributed by atoms with Crippen LogP contribution in [0, 0.1) is 0 Å². The van der Waals surface area contributed by atoms with Gasteiger partial charge in [-0.1, -0.05) is 0 Å². The number of hydrogen-bond acceptors (Lipinski definition) is 4. The zero-order valence-electron chi connectivity index (χ0n) is 7.49. The van der Waals surface area contributed by atoms with E-state index in [0.29, 0.717) is 23.4 Å². The molecule has 1 heterocycles. The second-order valence-corrected chi connectivity index (χ2v) is 3.04. The minimum absolute atomic E-state index is 0.343. The standard InChI is InChI=1S/C9H12N2O2/c1-12-8-7(13-6-2-3-6)4-5-11-9(8)10/h4-6H,2-3H2,1H3,(H2,10,11). The van der Waals surface area contributed by atoms with E-state index in [1.165, 1.54) is 0 Å². The number of nitrogen functional groups attached to an aromatic ring is 1. The summed E-state index contributed by atoms with van der Waals surface area (Å²) in [5.74, 6) is 1.60. The van der Waals surface area contributed by atoms with Crippen LogP contribution in [-0.4, -0.2) is 18.2 Å². The third kappa shape index (κ3) is 1.66. The molecule has 0 bridgehead atoms. The van der Waals surface area contributed by atoms with E-state index < -0.39 is 0 Å². The first kappa shape index (κ1) is 8.16. The van der Waals surface area contributed by atoms with Crippen LogP contribution in [0.15, 0.2) is 12.3 Å². The molecule has 1 fully saturated rings. The van der Waals surface area contributed by atoms with Crippen LogP contribution >= 0.6 is 0 Å². The molecule has 1 aromatic heterocycles. The molecule has 0 amide bonds. The summed E-state index contributed by atoms with van der Waals surface area (Å²) in [4.78, 5) is 3.91. The summed E-state index contributed by atoms with van der Waals surface area (Å²) in [6.07, 6.45) is 4.20. The number of methoxy groups -OCH3 is 1. The molecule has 4 heteroatoms. The van der Waals surface area contributed by atoms with Crippen LogP contribution in [0.25, 0.3) is 0 Å². The summed E-state index contributed by atoms with van der Waals surface area (Å²) >= 11 is 0. The molecule has 0 spiro atoms. The van der Waals surface area contributed by atoms with E-state index >= 15 is 0 Å². The number of nitrogens with two attached hydrogens (primary N) is 1. The second-order valence-electron chi connectivity index (χ2n) is 3.04. The molecule has 13 heavy (non-hydrogen) atoms. The largest absolute Gasteiger partial charge is 0.490 e. The summed E-state index contributed by atoms with van der Waals surface area (Å²) in [6.45, 7) is 0. The SMILES string of the molecule is COc1c(OC2CC2)ccnc1N. The van der Waals surface area contributed by atoms with Gasteiger partial charge in [-0.3, -0.25) is 0 Å². The third-order valence-electron chi connectivity index (χ3n) is 1.92. The van der Waals surface area contributed by atoms with Crippen molar-refractivity contribution in [2.24, 2.45) is 0 Å². The highest BCUT2D eigenvalue weighted by Crippen LogP contribution is 2.35. The van der Waals surface area contributed by atoms with Gasteiger partial charge in [-0.2, -0.15) is 0 Å². The van der Waals surface area contributed by atoms with Crippen molar-refractivity contribution >= 4 is 5.82 Å². The molecule has 0 radical (unpaired) electrons. The zero-order chi connectivity index (χ0) is 9.26. The van der Waals surface area contributed by atoms with Crippen LogP contribution < -0.4 is 15.2 Å². The van der Waals surface area contributed by atoms with E-state index in [2.05, 4.69) is 4.98 Å². The van der Waals surface area contributed by atoms with Crippen LogP contribution in [0.5, 0.6) is 11.5 Å². The Balaban J connectivity index is 2.25. The van der Waals surface area contributed by atoms with Gasteiger partial charge in [0.1, 0.15) is 0 Å². The minimum atomic E-state index is 0.343. The van der Waals surface area contributed by atoms with E-state index in [9.17, 15) is 0 Å². The Kier molecular flexibility index (Phi) is 1.96. The fraction of sp³-hybridized carbons (Fsp3) is 0.444. The Labute approximate surface area is 76.7 Å². The summed E-state index contributed by atoms with van der Waals surface area (Å²) in [5, 5.41) is 0. The van der Waals surface area contributed by atoms with Crippen molar-refractivity contribution in [3.8, 4) is 11.5 Å². The Bertz CT molecular complexity index is 310. The van der Waals surface area contributed by atoms with Crippen LogP contribution in [0.1, 0.15) is 12.8 Å². The lowest BCUT2D eigenvalue weighted by atomic mass is 10.4. The van der Waals surface area contributed by atoms with Crippen molar-refractivity contribution in [3.05, 3.63) is 12.3 Å². The van der Waals surface area contributed by atoms with Crippen LogP contribution in [0.4, 0.5) is 5.82 Å². The lowest BCUT2D eigenvalue weighted by Crippen LogP contribution is -2.02. The van der Waals surface area contributed by atoms with Gasteiger partial charge in [0.05, 0.1) is 13.2 Å². The van der Waals surface area contributed by atoms with E-state index in [0.717, 1.165) is 12.8 Å². The van der Waals surface area contributed by atoms with Crippen molar-refractivity contribution in [2.75, 3.05) is 12.8 Å². The average Bonchev–Trinajstić information content (AvgIpc) is 2.89. The van der Waals surface area contributed by atoms with Crippen LogP contribution in [0.2, 0.25) is 0 Å². The molecule has 70 valence electrons. The molecular weight excluding hydrogens is 168 g/mol. The maximum Gasteiger partial charge on any atom is 0.203 e. The number of ether oxygens (including phenoxy) is 2. The minimum Gasteiger partial charge on any atom is -0.490 e. The van der Waals surface area contributed by atoms with Crippen molar-refractivity contribution in [1.82, 2.24) is 4.98 Å². The third-order valence-corrected chi connectivity index (χ3v) is 1.92. The number of anilines is 1. The quantitative estimate of drug-likeness (QED) is 0.759. The van der Waals surface area contributed by atoms with Gasteiger partial charge in [0.2, 0.25) is 5.75 Å². The number of pyridine rings is 1. The molecule has 0 aliphatic heterocycles. The van der Waals surface area contributed by atoms with Gasteiger partial charge >= 0.3 is 0 Å². The molecule has 1 aromatic rings. The van der Waals surface area contributed by atoms with E-state index in [1.54, 1.807) is 19.4 Å². The summed E-state index contributed by atoms with van der Waals surface area (Å²) in [5.41, 5.74) is 5.61. The number of aromatic nitrogens is 1. The van der Waals surface area contributed by atoms with Gasteiger partial charge < -0.3 is 15.2 Å². The first-order chi connectivity index (χ1) is 6.31. The van der Waals surface area contributed by atoms with E-state index in [1.807, 2.05) is 0 Å². The molecule has 1 saturated carbocycles. The molecule has 0 unspecified atom stereocenters. The van der Waals surface area contributed by atoms with Gasteiger partial charge in [0, 0.05) is 12.3 Å². The lowest BCUT2D eigenvalue weighted by molar-refractivity contribution is 0.282. The monoisotopic (exact) mass is 180 g/mol. The Morgan fingerprint density at radius 2 is 2.31 bits per heavy atom. The normalized spacial score (nSPS) is 15.5. The fourth-order valence-electron chi connectivity index (χ4n) is 1.11. The number of hydrogen-bond donors (Lipinski definition) is 1. The Hall–Kier alpha value is -1.45. The molecule has 0 saturated heterocycles. The van der Waals surface area contributed by atoms with Crippen molar-refractivity contribution in [2.45, 2.75) is 18.9 Å². The fourth-order valence-corrected chi connectivity index (χ4v) is 1.11. The predicted molar refractivity (Wildman–Crippen MR) is 48.9 cm³/mol. The van der Waals surface area contributed by atoms with Crippen molar-refractivity contribution in [3.63, 3.8) is 0 Å². The molecule has 4 nitrogen and oxygen atoms in total. The van der Waals surface area contributed by atoms with Crippen molar-refractivity contribution < 1.29 is 9.47 Å². The highest BCUT2D eigenvalue weighted by atomic mass is 16.5. The summed E-state index contributed by atoms with van der Waals surface area (Å²) in [6, 6.07) is 1.77. The van der Waals surface area contributed by atoms with Crippen LogP contribution in [0.3, 0.4) is 0 Å². The highest BCUT2D eigenvalue weighted by Gasteiger charge is 2.25. The molecule has 0 aromatic carbocycles. The predicted octanol–water partition coefficient (Wildman–Crippen LogP) is 1.21. The van der Waals surface area contributed by atoms with Crippen LogP contribution in [-0.2, 0) is 0 Å². The van der Waals surface area contributed by atoms with Gasteiger partial charge in [-0.05, 0) is 12.8 Å². The second kappa shape index (κ2) is 3.12. The zero-order valence-corrected chi connectivity index (χ0v) is 7.49. The first-order valence-corrected chi connectivity index (χ1v) is 4.26. The topological polar surface area (TPSA) is 57.4 Å². The van der Waals surface area contributed by atoms with Gasteiger partial charge in [0.25, 0.3) is 0 Å². The Morgan fingerprint density at radius 3 is 2.92 bits per heavy atom.